The van der Waals surface area contributed by atoms with Crippen LogP contribution in [0.2, 0.25) is 0 Å². The molecule has 0 spiro atoms. The quantitative estimate of drug-likeness (QED) is 0.596. The molecule has 114 valence electrons. The van der Waals surface area contributed by atoms with Gasteiger partial charge in [-0.2, -0.15) is 0 Å². The van der Waals surface area contributed by atoms with Crippen molar-refractivity contribution in [1.29, 1.82) is 0 Å². The van der Waals surface area contributed by atoms with E-state index in [1.165, 1.54) is 0 Å². The number of hydrogen-bond acceptors (Lipinski definition) is 4. The molecule has 0 aliphatic carbocycles. The molecule has 0 aliphatic rings. The normalized spacial score (nSPS) is 11.0. The molecule has 0 amide bonds. The van der Waals surface area contributed by atoms with E-state index in [0.717, 1.165) is 16.3 Å². The summed E-state index contributed by atoms with van der Waals surface area (Å²) in [5.74, 6) is 1.13. The molecule has 0 bridgehead atoms. The van der Waals surface area contributed by atoms with Crippen LogP contribution in [0.3, 0.4) is 0 Å². The predicted octanol–water partition coefficient (Wildman–Crippen LogP) is 2.77. The number of hydrogen-bond donors (Lipinski definition) is 1. The van der Waals surface area contributed by atoms with E-state index in [-0.39, 0.29) is 5.56 Å². The van der Waals surface area contributed by atoms with E-state index in [0.29, 0.717) is 29.1 Å². The molecule has 3 aromatic rings. The van der Waals surface area contributed by atoms with Gasteiger partial charge in [0.05, 0.1) is 30.8 Å². The van der Waals surface area contributed by atoms with Gasteiger partial charge in [-0.1, -0.05) is 12.1 Å². The molecular formula is C17H18N2O3. The van der Waals surface area contributed by atoms with Gasteiger partial charge in [0.25, 0.3) is 5.56 Å². The molecule has 0 radical (unpaired) electrons. The molecule has 2 N–H and O–H groups in total. The number of aryl methyl sites for hydroxylation is 1. The van der Waals surface area contributed by atoms with Crippen molar-refractivity contribution in [2.45, 2.75) is 13.5 Å². The molecule has 5 nitrogen and oxygen atoms in total. The molecule has 0 saturated carbocycles. The van der Waals surface area contributed by atoms with Gasteiger partial charge in [-0.3, -0.25) is 4.79 Å². The number of methoxy groups -OCH3 is 2. The van der Waals surface area contributed by atoms with Crippen LogP contribution in [0.25, 0.3) is 21.7 Å². The number of nitrogens with two attached hydrogens (primary N) is 1. The van der Waals surface area contributed by atoms with E-state index in [1.807, 2.05) is 25.1 Å². The van der Waals surface area contributed by atoms with Gasteiger partial charge in [0.1, 0.15) is 0 Å². The van der Waals surface area contributed by atoms with Gasteiger partial charge < -0.3 is 19.8 Å². The van der Waals surface area contributed by atoms with Crippen molar-refractivity contribution in [1.82, 2.24) is 4.57 Å². The van der Waals surface area contributed by atoms with E-state index in [9.17, 15) is 4.79 Å². The Hall–Kier alpha value is -2.69. The van der Waals surface area contributed by atoms with Gasteiger partial charge in [0.2, 0.25) is 0 Å². The smallest absolute Gasteiger partial charge is 0.259 e. The molecule has 22 heavy (non-hydrogen) atoms. The number of rotatable bonds is 3. The summed E-state index contributed by atoms with van der Waals surface area (Å²) in [7, 11) is 3.13. The van der Waals surface area contributed by atoms with Crippen LogP contribution >= 0.6 is 0 Å². The topological polar surface area (TPSA) is 66.5 Å². The van der Waals surface area contributed by atoms with E-state index in [4.69, 9.17) is 15.2 Å². The average molecular weight is 298 g/mol. The minimum absolute atomic E-state index is 0.0798. The first kappa shape index (κ1) is 14.3. The Morgan fingerprint density at radius 2 is 1.68 bits per heavy atom. The highest BCUT2D eigenvalue weighted by Gasteiger charge is 2.15. The van der Waals surface area contributed by atoms with Crippen LogP contribution in [-0.4, -0.2) is 18.8 Å². The van der Waals surface area contributed by atoms with E-state index < -0.39 is 0 Å². The summed E-state index contributed by atoms with van der Waals surface area (Å²) in [6.07, 6.45) is 0. The third-order valence-electron chi connectivity index (χ3n) is 3.94. The van der Waals surface area contributed by atoms with Crippen LogP contribution in [0.4, 0.5) is 5.69 Å². The van der Waals surface area contributed by atoms with Crippen LogP contribution in [0.15, 0.2) is 35.1 Å². The van der Waals surface area contributed by atoms with Crippen molar-refractivity contribution in [3.8, 4) is 11.5 Å². The molecule has 0 unspecified atom stereocenters. The molecular weight excluding hydrogens is 280 g/mol. The molecule has 0 fully saturated rings. The molecule has 3 rings (SSSR count). The Bertz CT molecular complexity index is 929. The largest absolute Gasteiger partial charge is 0.493 e. The first-order chi connectivity index (χ1) is 10.6. The van der Waals surface area contributed by atoms with Crippen molar-refractivity contribution in [3.63, 3.8) is 0 Å². The average Bonchev–Trinajstić information content (AvgIpc) is 2.55. The van der Waals surface area contributed by atoms with Gasteiger partial charge in [-0.15, -0.1) is 0 Å². The Balaban J connectivity index is 2.61. The lowest BCUT2D eigenvalue weighted by Crippen LogP contribution is -2.20. The number of ether oxygens (including phenoxy) is 2. The highest BCUT2D eigenvalue weighted by Crippen LogP contribution is 2.35. The van der Waals surface area contributed by atoms with Crippen LogP contribution in [0.5, 0.6) is 11.5 Å². The zero-order chi connectivity index (χ0) is 15.9. The fourth-order valence-corrected chi connectivity index (χ4v) is 2.91. The maximum Gasteiger partial charge on any atom is 0.259 e. The number of anilines is 1. The lowest BCUT2D eigenvalue weighted by molar-refractivity contribution is 0.356. The minimum atomic E-state index is -0.0798. The van der Waals surface area contributed by atoms with Gasteiger partial charge in [0.15, 0.2) is 11.5 Å². The summed E-state index contributed by atoms with van der Waals surface area (Å²) >= 11 is 0. The Morgan fingerprint density at radius 3 is 2.27 bits per heavy atom. The molecule has 2 aromatic carbocycles. The van der Waals surface area contributed by atoms with Crippen molar-refractivity contribution >= 4 is 27.4 Å². The summed E-state index contributed by atoms with van der Waals surface area (Å²) in [4.78, 5) is 12.8. The minimum Gasteiger partial charge on any atom is -0.493 e. The monoisotopic (exact) mass is 298 g/mol. The maximum absolute atomic E-state index is 12.8. The highest BCUT2D eigenvalue weighted by atomic mass is 16.5. The molecule has 0 saturated heterocycles. The summed E-state index contributed by atoms with van der Waals surface area (Å²) < 4.78 is 12.4. The van der Waals surface area contributed by atoms with E-state index >= 15 is 0 Å². The Labute approximate surface area is 127 Å². The van der Waals surface area contributed by atoms with Crippen LogP contribution in [-0.2, 0) is 6.54 Å². The summed E-state index contributed by atoms with van der Waals surface area (Å²) in [6, 6.07) is 9.22. The highest BCUT2D eigenvalue weighted by molar-refractivity contribution is 6.09. The van der Waals surface area contributed by atoms with E-state index in [1.54, 1.807) is 30.9 Å². The summed E-state index contributed by atoms with van der Waals surface area (Å²) in [6.45, 7) is 2.48. The van der Waals surface area contributed by atoms with Crippen molar-refractivity contribution in [3.05, 3.63) is 40.7 Å². The third-order valence-corrected chi connectivity index (χ3v) is 3.94. The number of fused-ring (bicyclic) bond motifs is 3. The van der Waals surface area contributed by atoms with Gasteiger partial charge in [-0.25, -0.2) is 0 Å². The number of pyridine rings is 1. The first-order valence-corrected chi connectivity index (χ1v) is 7.09. The van der Waals surface area contributed by atoms with Crippen LogP contribution < -0.4 is 20.8 Å². The van der Waals surface area contributed by atoms with Crippen molar-refractivity contribution in [2.75, 3.05) is 20.0 Å². The summed E-state index contributed by atoms with van der Waals surface area (Å²) in [5.41, 5.74) is 7.37. The van der Waals surface area contributed by atoms with Crippen molar-refractivity contribution in [2.24, 2.45) is 0 Å². The molecule has 5 heteroatoms. The Kier molecular flexibility index (Phi) is 3.41. The number of para-hydroxylation sites is 1. The third kappa shape index (κ3) is 1.89. The van der Waals surface area contributed by atoms with Crippen molar-refractivity contribution < 1.29 is 9.47 Å². The van der Waals surface area contributed by atoms with Gasteiger partial charge >= 0.3 is 0 Å². The fourth-order valence-electron chi connectivity index (χ4n) is 2.91. The molecule has 1 heterocycles. The second kappa shape index (κ2) is 5.26. The van der Waals surface area contributed by atoms with Crippen LogP contribution in [0, 0.1) is 0 Å². The van der Waals surface area contributed by atoms with Crippen LogP contribution in [0.1, 0.15) is 6.92 Å². The Morgan fingerprint density at radius 1 is 1.05 bits per heavy atom. The lowest BCUT2D eigenvalue weighted by Gasteiger charge is -2.15. The molecule has 0 atom stereocenters. The second-order valence-corrected chi connectivity index (χ2v) is 5.05. The zero-order valence-corrected chi connectivity index (χ0v) is 12.8. The van der Waals surface area contributed by atoms with Gasteiger partial charge in [-0.05, 0) is 25.1 Å². The number of nitrogens with zero attached hydrogens (tertiary/aromatic N) is 1. The first-order valence-electron chi connectivity index (χ1n) is 7.09. The lowest BCUT2D eigenvalue weighted by atomic mass is 10.0. The number of benzene rings is 2. The second-order valence-electron chi connectivity index (χ2n) is 5.05. The zero-order valence-electron chi connectivity index (χ0n) is 12.8. The summed E-state index contributed by atoms with van der Waals surface area (Å²) in [5, 5.41) is 2.34. The number of aromatic nitrogens is 1. The SMILES string of the molecule is CCn1c(=O)c2cc(OC)c(OC)cc2c2cccc(N)c21. The molecule has 1 aromatic heterocycles. The molecule has 0 aliphatic heterocycles. The standard InChI is InChI=1S/C17H18N2O3/c1-4-19-16-10(6-5-7-13(16)18)11-8-14(21-2)15(22-3)9-12(11)17(19)20/h5-9H,4,18H2,1-3H3. The van der Waals surface area contributed by atoms with Gasteiger partial charge in [0, 0.05) is 17.3 Å². The fraction of sp³-hybridized carbons (Fsp3) is 0.235. The number of nitrogen functional groups attached to an aromatic ring is 1. The predicted molar refractivity (Wildman–Crippen MR) is 88.9 cm³/mol. The maximum atomic E-state index is 12.8. The van der Waals surface area contributed by atoms with E-state index in [2.05, 4.69) is 0 Å².